The third-order valence-electron chi connectivity index (χ3n) is 3.54. The molecule has 1 atom stereocenters. The van der Waals surface area contributed by atoms with Gasteiger partial charge in [0.15, 0.2) is 0 Å². The summed E-state index contributed by atoms with van der Waals surface area (Å²) in [6.07, 6.45) is 7.66. The third kappa shape index (κ3) is 2.25. The molecule has 0 aliphatic heterocycles. The van der Waals surface area contributed by atoms with Gasteiger partial charge in [0, 0.05) is 16.5 Å². The molecule has 1 unspecified atom stereocenters. The van der Waals surface area contributed by atoms with E-state index in [1.807, 2.05) is 74.2 Å². The van der Waals surface area contributed by atoms with Gasteiger partial charge in [-0.2, -0.15) is 0 Å². The molecule has 1 saturated carbocycles. The van der Waals surface area contributed by atoms with Crippen LogP contribution in [0.3, 0.4) is 0 Å². The van der Waals surface area contributed by atoms with Gasteiger partial charge in [0.25, 0.3) is 0 Å². The van der Waals surface area contributed by atoms with Gasteiger partial charge in [-0.1, -0.05) is 60.1 Å². The maximum Gasteiger partial charge on any atom is 0.123 e. The van der Waals surface area contributed by atoms with E-state index in [4.69, 9.17) is 11.6 Å². The third-order valence-corrected chi connectivity index (χ3v) is 3.87. The number of halogens is 1. The zero-order valence-electron chi connectivity index (χ0n) is 10.8. The first kappa shape index (κ1) is 13.7. The summed E-state index contributed by atoms with van der Waals surface area (Å²) in [5, 5.41) is 12.0. The maximum atomic E-state index is 11.4. The SMILES string of the molecule is OC([C]1[CH][CH][CH][CH]1)(c1ccccc1)c1ccccc1Cl. The number of aliphatic hydroxyl groups is 1. The fraction of sp³-hybridized carbons (Fsp3) is 0.0556. The quantitative estimate of drug-likeness (QED) is 0.902. The molecule has 1 aliphatic rings. The summed E-state index contributed by atoms with van der Waals surface area (Å²) in [6.45, 7) is 0. The summed E-state index contributed by atoms with van der Waals surface area (Å²) in [5.41, 5.74) is 0.265. The minimum Gasteiger partial charge on any atom is -0.380 e. The first-order valence-corrected chi connectivity index (χ1v) is 6.86. The van der Waals surface area contributed by atoms with Gasteiger partial charge in [0.05, 0.1) is 0 Å². The zero-order valence-corrected chi connectivity index (χ0v) is 11.6. The lowest BCUT2D eigenvalue weighted by molar-refractivity contribution is 0.105. The Morgan fingerprint density at radius 2 is 1.40 bits per heavy atom. The monoisotopic (exact) mass is 281 g/mol. The van der Waals surface area contributed by atoms with Crippen LogP contribution >= 0.6 is 11.6 Å². The molecule has 0 amide bonds. The van der Waals surface area contributed by atoms with Gasteiger partial charge in [-0.3, -0.25) is 0 Å². The van der Waals surface area contributed by atoms with E-state index in [0.29, 0.717) is 10.6 Å². The molecule has 2 heteroatoms. The molecule has 99 valence electrons. The molecule has 20 heavy (non-hydrogen) atoms. The molecule has 0 saturated heterocycles. The Labute approximate surface area is 125 Å². The van der Waals surface area contributed by atoms with Crippen LogP contribution in [0.5, 0.6) is 0 Å². The van der Waals surface area contributed by atoms with Crippen LogP contribution in [0.4, 0.5) is 0 Å². The van der Waals surface area contributed by atoms with Gasteiger partial charge < -0.3 is 5.11 Å². The fourth-order valence-corrected chi connectivity index (χ4v) is 2.80. The lowest BCUT2D eigenvalue weighted by atomic mass is 9.75. The lowest BCUT2D eigenvalue weighted by Gasteiger charge is -2.35. The molecule has 1 nitrogen and oxygen atoms in total. The predicted molar refractivity (Wildman–Crippen MR) is 81.3 cm³/mol. The fourth-order valence-electron chi connectivity index (χ4n) is 2.53. The minimum absolute atomic E-state index is 0.556. The topological polar surface area (TPSA) is 20.2 Å². The number of benzene rings is 2. The van der Waals surface area contributed by atoms with E-state index in [0.717, 1.165) is 11.5 Å². The van der Waals surface area contributed by atoms with Gasteiger partial charge in [-0.25, -0.2) is 0 Å². The Balaban J connectivity index is 2.15. The second-order valence-electron chi connectivity index (χ2n) is 4.73. The van der Waals surface area contributed by atoms with E-state index in [1.54, 1.807) is 6.07 Å². The molecule has 0 bridgehead atoms. The molecule has 1 fully saturated rings. The highest BCUT2D eigenvalue weighted by atomic mass is 35.5. The highest BCUT2D eigenvalue weighted by Crippen LogP contribution is 2.46. The normalized spacial score (nSPS) is 18.9. The number of rotatable bonds is 3. The summed E-state index contributed by atoms with van der Waals surface area (Å²) in [4.78, 5) is 0. The largest absolute Gasteiger partial charge is 0.380 e. The first-order chi connectivity index (χ1) is 9.73. The van der Waals surface area contributed by atoms with Gasteiger partial charge in [0.1, 0.15) is 5.60 Å². The van der Waals surface area contributed by atoms with Crippen LogP contribution in [-0.4, -0.2) is 5.11 Å². The van der Waals surface area contributed by atoms with E-state index < -0.39 is 5.60 Å². The second-order valence-corrected chi connectivity index (χ2v) is 5.14. The summed E-state index contributed by atoms with van der Waals surface area (Å²) in [5.74, 6) is 0.816. The average Bonchev–Trinajstić information content (AvgIpc) is 3.03. The molecular weight excluding hydrogens is 268 g/mol. The van der Waals surface area contributed by atoms with Crippen molar-refractivity contribution >= 4 is 11.6 Å². The van der Waals surface area contributed by atoms with Crippen molar-refractivity contribution in [2.45, 2.75) is 5.60 Å². The van der Waals surface area contributed by atoms with Crippen LogP contribution in [0, 0.1) is 31.6 Å². The predicted octanol–water partition coefficient (Wildman–Crippen LogP) is 3.98. The standard InChI is InChI=1S/C18H14ClO/c19-17-13-7-6-12-16(17)18(20,15-10-4-5-11-15)14-8-2-1-3-9-14/h1-13,20H. The molecular formula is C18H14ClO. The number of hydrogen-bond donors (Lipinski definition) is 1. The summed E-state index contributed by atoms with van der Waals surface area (Å²) in [6, 6.07) is 17.0. The van der Waals surface area contributed by atoms with Crippen LogP contribution in [-0.2, 0) is 5.60 Å². The van der Waals surface area contributed by atoms with E-state index in [2.05, 4.69) is 0 Å². The molecule has 1 N–H and O–H groups in total. The van der Waals surface area contributed by atoms with Crippen molar-refractivity contribution in [3.05, 3.63) is 102 Å². The van der Waals surface area contributed by atoms with Crippen LogP contribution < -0.4 is 0 Å². The Bertz CT molecular complexity index is 575. The van der Waals surface area contributed by atoms with Crippen molar-refractivity contribution in [1.29, 1.82) is 0 Å². The van der Waals surface area contributed by atoms with E-state index >= 15 is 0 Å². The van der Waals surface area contributed by atoms with Gasteiger partial charge in [-0.15, -0.1) is 0 Å². The molecule has 3 rings (SSSR count). The summed E-state index contributed by atoms with van der Waals surface area (Å²) >= 11 is 6.32. The molecule has 0 spiro atoms. The van der Waals surface area contributed by atoms with Crippen molar-refractivity contribution < 1.29 is 5.11 Å². The van der Waals surface area contributed by atoms with Crippen molar-refractivity contribution in [2.75, 3.05) is 0 Å². The van der Waals surface area contributed by atoms with Gasteiger partial charge >= 0.3 is 0 Å². The molecule has 0 heterocycles. The van der Waals surface area contributed by atoms with Crippen molar-refractivity contribution in [2.24, 2.45) is 0 Å². The zero-order chi connectivity index (χ0) is 14.0. The van der Waals surface area contributed by atoms with Gasteiger partial charge in [-0.05, 0) is 37.3 Å². The number of hydrogen-bond acceptors (Lipinski definition) is 1. The van der Waals surface area contributed by atoms with Crippen LogP contribution in [0.25, 0.3) is 0 Å². The van der Waals surface area contributed by atoms with Crippen molar-refractivity contribution in [1.82, 2.24) is 0 Å². The highest BCUT2D eigenvalue weighted by molar-refractivity contribution is 6.31. The minimum atomic E-state index is -1.23. The summed E-state index contributed by atoms with van der Waals surface area (Å²) < 4.78 is 0. The van der Waals surface area contributed by atoms with Crippen LogP contribution in [0.1, 0.15) is 11.1 Å². The summed E-state index contributed by atoms with van der Waals surface area (Å²) in [7, 11) is 0. The Morgan fingerprint density at radius 3 is 2.05 bits per heavy atom. The lowest BCUT2D eigenvalue weighted by Crippen LogP contribution is -2.34. The van der Waals surface area contributed by atoms with Crippen molar-refractivity contribution in [3.8, 4) is 0 Å². The maximum absolute atomic E-state index is 11.4. The molecule has 2 aromatic carbocycles. The van der Waals surface area contributed by atoms with Crippen LogP contribution in [0.15, 0.2) is 54.6 Å². The van der Waals surface area contributed by atoms with E-state index in [9.17, 15) is 5.11 Å². The van der Waals surface area contributed by atoms with Gasteiger partial charge in [0.2, 0.25) is 0 Å². The smallest absolute Gasteiger partial charge is 0.123 e. The Morgan fingerprint density at radius 1 is 0.800 bits per heavy atom. The van der Waals surface area contributed by atoms with E-state index in [1.165, 1.54) is 0 Å². The van der Waals surface area contributed by atoms with Crippen LogP contribution in [0.2, 0.25) is 5.02 Å². The molecule has 2 aromatic rings. The van der Waals surface area contributed by atoms with E-state index in [-0.39, 0.29) is 0 Å². The Kier molecular flexibility index (Phi) is 3.82. The first-order valence-electron chi connectivity index (χ1n) is 6.48. The molecule has 0 aromatic heterocycles. The Hall–Kier alpha value is -1.31. The second kappa shape index (κ2) is 5.59. The van der Waals surface area contributed by atoms with Crippen molar-refractivity contribution in [3.63, 3.8) is 0 Å². The molecule has 1 aliphatic carbocycles. The highest BCUT2D eigenvalue weighted by Gasteiger charge is 2.43. The molecule has 5 radical (unpaired) electrons. The average molecular weight is 282 g/mol.